The van der Waals surface area contributed by atoms with E-state index in [9.17, 15) is 14.9 Å². The summed E-state index contributed by atoms with van der Waals surface area (Å²) in [5.74, 6) is -0.414. The molecule has 2 N–H and O–H groups in total. The van der Waals surface area contributed by atoms with Crippen LogP contribution in [0.4, 0.5) is 5.69 Å². The molecule has 1 atom stereocenters. The molecule has 0 bridgehead atoms. The van der Waals surface area contributed by atoms with Gasteiger partial charge in [-0.15, -0.1) is 0 Å². The van der Waals surface area contributed by atoms with Gasteiger partial charge in [-0.25, -0.2) is 4.79 Å². The quantitative estimate of drug-likeness (QED) is 0.502. The zero-order valence-corrected chi connectivity index (χ0v) is 17.6. The van der Waals surface area contributed by atoms with Gasteiger partial charge in [-0.3, -0.25) is 4.79 Å². The third-order valence-electron chi connectivity index (χ3n) is 6.24. The molecule has 1 spiro atoms. The maximum absolute atomic E-state index is 14.1. The fourth-order valence-electron chi connectivity index (χ4n) is 4.84. The van der Waals surface area contributed by atoms with Gasteiger partial charge in [0.1, 0.15) is 22.8 Å². The summed E-state index contributed by atoms with van der Waals surface area (Å²) in [5.41, 5.74) is 5.20. The lowest BCUT2D eigenvalue weighted by molar-refractivity contribution is -0.121. The second kappa shape index (κ2) is 7.27. The van der Waals surface area contributed by atoms with E-state index >= 15 is 0 Å². The SMILES string of the molecule is CCCCCN1C(=O)C2(C(C#N)=C(N)Oc3c2c(=O)oc2ccccc32)c2ccccc21. The van der Waals surface area contributed by atoms with Gasteiger partial charge < -0.3 is 19.8 Å². The van der Waals surface area contributed by atoms with E-state index in [0.29, 0.717) is 28.8 Å². The maximum atomic E-state index is 14.1. The average Bonchev–Trinajstić information content (AvgIpc) is 3.03. The normalized spacial score (nSPS) is 19.1. The van der Waals surface area contributed by atoms with Crippen molar-refractivity contribution in [2.45, 2.75) is 31.6 Å². The first-order chi connectivity index (χ1) is 15.6. The fourth-order valence-corrected chi connectivity index (χ4v) is 4.84. The van der Waals surface area contributed by atoms with Gasteiger partial charge in [0.2, 0.25) is 11.8 Å². The van der Waals surface area contributed by atoms with Gasteiger partial charge in [0, 0.05) is 17.8 Å². The van der Waals surface area contributed by atoms with Crippen LogP contribution in [-0.2, 0) is 10.2 Å². The van der Waals surface area contributed by atoms with Gasteiger partial charge in [0.25, 0.3) is 0 Å². The van der Waals surface area contributed by atoms with E-state index in [1.54, 1.807) is 41.3 Å². The molecule has 3 heterocycles. The summed E-state index contributed by atoms with van der Waals surface area (Å²) in [6.45, 7) is 2.56. The Kier molecular flexibility index (Phi) is 4.52. The molecule has 2 aromatic carbocycles. The van der Waals surface area contributed by atoms with Gasteiger partial charge in [-0.2, -0.15) is 5.26 Å². The molecule has 1 aromatic heterocycles. The first-order valence-electron chi connectivity index (χ1n) is 10.6. The summed E-state index contributed by atoms with van der Waals surface area (Å²) in [6, 6.07) is 16.2. The van der Waals surface area contributed by atoms with Crippen LogP contribution < -0.4 is 21.0 Å². The van der Waals surface area contributed by atoms with Crippen molar-refractivity contribution in [3.05, 3.63) is 81.5 Å². The molecule has 0 fully saturated rings. The van der Waals surface area contributed by atoms with E-state index in [1.165, 1.54) is 0 Å². The molecule has 1 amide bonds. The van der Waals surface area contributed by atoms with Crippen LogP contribution in [0.2, 0.25) is 0 Å². The molecule has 0 radical (unpaired) electrons. The highest BCUT2D eigenvalue weighted by Gasteiger charge is 2.61. The summed E-state index contributed by atoms with van der Waals surface area (Å²) in [4.78, 5) is 29.1. The molecule has 160 valence electrons. The fraction of sp³-hybridized carbons (Fsp3) is 0.240. The van der Waals surface area contributed by atoms with E-state index in [2.05, 4.69) is 13.0 Å². The van der Waals surface area contributed by atoms with Gasteiger partial charge in [-0.1, -0.05) is 50.1 Å². The van der Waals surface area contributed by atoms with Crippen molar-refractivity contribution in [2.75, 3.05) is 11.4 Å². The van der Waals surface area contributed by atoms with Crippen LogP contribution in [0.3, 0.4) is 0 Å². The van der Waals surface area contributed by atoms with Crippen molar-refractivity contribution >= 4 is 22.6 Å². The monoisotopic (exact) mass is 427 g/mol. The summed E-state index contributed by atoms with van der Waals surface area (Å²) in [5, 5.41) is 10.6. The number of amides is 1. The molecule has 7 heteroatoms. The number of hydrogen-bond donors (Lipinski definition) is 1. The third kappa shape index (κ3) is 2.47. The molecule has 5 rings (SSSR count). The lowest BCUT2D eigenvalue weighted by atomic mass is 9.69. The van der Waals surface area contributed by atoms with Crippen LogP contribution in [0.5, 0.6) is 5.75 Å². The molecule has 2 aliphatic heterocycles. The number of fused-ring (bicyclic) bond motifs is 6. The van der Waals surface area contributed by atoms with Crippen LogP contribution in [-0.4, -0.2) is 12.5 Å². The van der Waals surface area contributed by atoms with E-state index in [0.717, 1.165) is 19.3 Å². The standard InChI is InChI=1S/C25H21N3O4/c1-2-3-8-13-28-18-11-6-5-10-16(18)25(24(28)30)17(14-26)22(27)32-21-15-9-4-7-12-19(15)31-23(29)20(21)25/h4-7,9-12H,2-3,8,13,27H2,1H3. The minimum absolute atomic E-state index is 0.00242. The average molecular weight is 427 g/mol. The van der Waals surface area contributed by atoms with Crippen molar-refractivity contribution in [3.63, 3.8) is 0 Å². The highest BCUT2D eigenvalue weighted by Crippen LogP contribution is 2.55. The summed E-state index contributed by atoms with van der Waals surface area (Å²) in [7, 11) is 0. The Bertz CT molecular complexity index is 1400. The minimum atomic E-state index is -1.71. The molecule has 7 nitrogen and oxygen atoms in total. The predicted molar refractivity (Wildman–Crippen MR) is 119 cm³/mol. The van der Waals surface area contributed by atoms with Crippen LogP contribution >= 0.6 is 0 Å². The number of unbranched alkanes of at least 4 members (excludes halogenated alkanes) is 2. The van der Waals surface area contributed by atoms with Gasteiger partial charge in [0.15, 0.2) is 11.2 Å². The van der Waals surface area contributed by atoms with E-state index < -0.39 is 11.0 Å². The van der Waals surface area contributed by atoms with Crippen molar-refractivity contribution in [3.8, 4) is 11.8 Å². The first-order valence-corrected chi connectivity index (χ1v) is 10.6. The van der Waals surface area contributed by atoms with Crippen LogP contribution in [0, 0.1) is 11.3 Å². The Balaban J connectivity index is 1.88. The van der Waals surface area contributed by atoms with E-state index in [-0.39, 0.29) is 28.7 Å². The first kappa shape index (κ1) is 19.9. The lowest BCUT2D eigenvalue weighted by Gasteiger charge is -2.33. The molecule has 2 aliphatic rings. The second-order valence-electron chi connectivity index (χ2n) is 7.97. The van der Waals surface area contributed by atoms with Crippen LogP contribution in [0.1, 0.15) is 37.3 Å². The Morgan fingerprint density at radius 2 is 1.84 bits per heavy atom. The highest BCUT2D eigenvalue weighted by atomic mass is 16.5. The number of carbonyl (C=O) groups is 1. The number of ether oxygens (including phenoxy) is 1. The maximum Gasteiger partial charge on any atom is 0.345 e. The largest absolute Gasteiger partial charge is 0.439 e. The number of carbonyl (C=O) groups excluding carboxylic acids is 1. The number of nitrogens with two attached hydrogens (primary N) is 1. The molecule has 0 saturated heterocycles. The third-order valence-corrected chi connectivity index (χ3v) is 6.24. The molecule has 32 heavy (non-hydrogen) atoms. The number of nitrogens with zero attached hydrogens (tertiary/aromatic N) is 2. The Morgan fingerprint density at radius 1 is 1.09 bits per heavy atom. The molecular formula is C25H21N3O4. The zero-order chi connectivity index (χ0) is 22.5. The predicted octanol–water partition coefficient (Wildman–Crippen LogP) is 3.70. The van der Waals surface area contributed by atoms with Gasteiger partial charge >= 0.3 is 5.63 Å². The number of hydrogen-bond acceptors (Lipinski definition) is 6. The minimum Gasteiger partial charge on any atom is -0.439 e. The summed E-state index contributed by atoms with van der Waals surface area (Å²) >= 11 is 0. The van der Waals surface area contributed by atoms with Gasteiger partial charge in [-0.05, 0) is 24.6 Å². The molecule has 0 saturated carbocycles. The Hall–Kier alpha value is -4.05. The van der Waals surface area contributed by atoms with Crippen LogP contribution in [0.15, 0.2) is 69.2 Å². The van der Waals surface area contributed by atoms with Crippen molar-refractivity contribution in [1.29, 1.82) is 5.26 Å². The molecule has 0 aliphatic carbocycles. The van der Waals surface area contributed by atoms with Crippen molar-refractivity contribution in [1.82, 2.24) is 0 Å². The van der Waals surface area contributed by atoms with E-state index in [4.69, 9.17) is 14.9 Å². The van der Waals surface area contributed by atoms with Crippen molar-refractivity contribution < 1.29 is 13.9 Å². The molecule has 3 aromatic rings. The smallest absolute Gasteiger partial charge is 0.345 e. The summed E-state index contributed by atoms with van der Waals surface area (Å²) < 4.78 is 11.4. The van der Waals surface area contributed by atoms with Gasteiger partial charge in [0.05, 0.1) is 5.39 Å². The van der Waals surface area contributed by atoms with Crippen LogP contribution in [0.25, 0.3) is 11.0 Å². The number of nitriles is 1. The summed E-state index contributed by atoms with van der Waals surface area (Å²) in [6.07, 6.45) is 2.75. The zero-order valence-electron chi connectivity index (χ0n) is 17.6. The molecular weight excluding hydrogens is 406 g/mol. The number of benzene rings is 2. The highest BCUT2D eigenvalue weighted by molar-refractivity contribution is 6.14. The lowest BCUT2D eigenvalue weighted by Crippen LogP contribution is -2.48. The topological polar surface area (TPSA) is 110 Å². The van der Waals surface area contributed by atoms with E-state index in [1.807, 2.05) is 12.1 Å². The van der Waals surface area contributed by atoms with Crippen molar-refractivity contribution in [2.24, 2.45) is 5.73 Å². The number of para-hydroxylation sites is 2. The second-order valence-corrected chi connectivity index (χ2v) is 7.97. The Labute approximate surface area is 184 Å². The molecule has 1 unspecified atom stereocenters. The number of anilines is 1. The Morgan fingerprint density at radius 3 is 2.62 bits per heavy atom. The number of rotatable bonds is 4.